The van der Waals surface area contributed by atoms with Crippen LogP contribution in [-0.2, 0) is 16.1 Å². The number of rotatable bonds is 5. The fourth-order valence-corrected chi connectivity index (χ4v) is 3.89. The predicted octanol–water partition coefficient (Wildman–Crippen LogP) is -0.564. The summed E-state index contributed by atoms with van der Waals surface area (Å²) in [6.07, 6.45) is 1.83. The van der Waals surface area contributed by atoms with E-state index in [1.54, 1.807) is 29.2 Å². The van der Waals surface area contributed by atoms with Crippen molar-refractivity contribution >= 4 is 29.4 Å². The maximum Gasteiger partial charge on any atom is 0.262 e. The summed E-state index contributed by atoms with van der Waals surface area (Å²) in [7, 11) is 0. The largest absolute Gasteiger partial charge is 0.363 e. The van der Waals surface area contributed by atoms with Gasteiger partial charge in [0.05, 0.1) is 23.4 Å². The highest BCUT2D eigenvalue weighted by Gasteiger charge is 2.45. The smallest absolute Gasteiger partial charge is 0.262 e. The number of benzene rings is 1. The highest BCUT2D eigenvalue weighted by molar-refractivity contribution is 6.24. The Labute approximate surface area is 170 Å². The molecule has 11 heteroatoms. The third-order valence-corrected chi connectivity index (χ3v) is 5.61. The Hall–Kier alpha value is -3.60. The van der Waals surface area contributed by atoms with Gasteiger partial charge >= 0.3 is 0 Å². The first-order valence-electron chi connectivity index (χ1n) is 9.73. The van der Waals surface area contributed by atoms with E-state index in [0.717, 1.165) is 18.0 Å². The molecule has 4 heterocycles. The highest BCUT2D eigenvalue weighted by Crippen LogP contribution is 2.30. The van der Waals surface area contributed by atoms with Crippen molar-refractivity contribution in [2.75, 3.05) is 18.4 Å². The first-order valence-corrected chi connectivity index (χ1v) is 9.73. The van der Waals surface area contributed by atoms with Crippen LogP contribution < -0.4 is 16.0 Å². The molecular formula is C19H19N7O4. The zero-order valence-corrected chi connectivity index (χ0v) is 15.9. The zero-order chi connectivity index (χ0) is 20.8. The minimum absolute atomic E-state index is 0.0877. The van der Waals surface area contributed by atoms with E-state index in [0.29, 0.717) is 11.4 Å². The molecule has 1 unspecified atom stereocenters. The Morgan fingerprint density at radius 1 is 1.13 bits per heavy atom. The Kier molecular flexibility index (Phi) is 4.31. The molecule has 0 bridgehead atoms. The van der Waals surface area contributed by atoms with Gasteiger partial charge in [0, 0.05) is 26.1 Å². The zero-order valence-electron chi connectivity index (χ0n) is 15.9. The summed E-state index contributed by atoms with van der Waals surface area (Å²) in [5.41, 5.74) is 1.16. The third-order valence-electron chi connectivity index (χ3n) is 5.61. The van der Waals surface area contributed by atoms with Gasteiger partial charge in [0.2, 0.25) is 11.8 Å². The van der Waals surface area contributed by atoms with Crippen molar-refractivity contribution in [3.63, 3.8) is 0 Å². The van der Waals surface area contributed by atoms with Crippen LogP contribution >= 0.6 is 0 Å². The van der Waals surface area contributed by atoms with Gasteiger partial charge in [-0.2, -0.15) is 9.90 Å². The topological polar surface area (TPSA) is 138 Å². The molecule has 1 atom stereocenters. The molecule has 11 nitrogen and oxygen atoms in total. The van der Waals surface area contributed by atoms with E-state index in [1.165, 1.54) is 0 Å². The summed E-state index contributed by atoms with van der Waals surface area (Å²) in [5, 5.41) is 17.1. The SMILES string of the molecule is O=C1CCC(N2C(=O)c3cccc(CNc4cnn(C5CNC5)n4)c3C2=O)C(=O)N1. The predicted molar refractivity (Wildman–Crippen MR) is 102 cm³/mol. The number of hydrogen-bond donors (Lipinski definition) is 3. The maximum atomic E-state index is 13.1. The van der Waals surface area contributed by atoms with Gasteiger partial charge in [-0.25, -0.2) is 0 Å². The summed E-state index contributed by atoms with van der Waals surface area (Å²) in [6, 6.07) is 4.29. The number of imide groups is 2. The summed E-state index contributed by atoms with van der Waals surface area (Å²) < 4.78 is 0. The van der Waals surface area contributed by atoms with Gasteiger partial charge in [0.15, 0.2) is 5.82 Å². The lowest BCUT2D eigenvalue weighted by molar-refractivity contribution is -0.136. The number of aromatic nitrogens is 3. The molecule has 0 radical (unpaired) electrons. The Bertz CT molecular complexity index is 1070. The highest BCUT2D eigenvalue weighted by atomic mass is 16.2. The molecule has 1 aromatic heterocycles. The fraction of sp³-hybridized carbons (Fsp3) is 0.368. The normalized spacial score (nSPS) is 21.5. The molecule has 3 aliphatic rings. The summed E-state index contributed by atoms with van der Waals surface area (Å²) in [6.45, 7) is 1.92. The number of piperidine rings is 1. The Morgan fingerprint density at radius 3 is 2.70 bits per heavy atom. The molecule has 2 aromatic rings. The van der Waals surface area contributed by atoms with Gasteiger partial charge in [-0.1, -0.05) is 12.1 Å². The standard InChI is InChI=1S/C19H19N7O4/c27-15-5-4-13(17(28)23-15)25-18(29)12-3-1-2-10(16(12)19(25)30)6-21-14-9-22-26(24-14)11-7-20-8-11/h1-3,9,11,13,20H,4-8H2,(H,21,24)(H,23,27,28). The molecule has 30 heavy (non-hydrogen) atoms. The van der Waals surface area contributed by atoms with Crippen LogP contribution in [0.4, 0.5) is 5.82 Å². The minimum atomic E-state index is -0.980. The van der Waals surface area contributed by atoms with Gasteiger partial charge in [-0.05, 0) is 18.1 Å². The first kappa shape index (κ1) is 18.4. The Morgan fingerprint density at radius 2 is 1.97 bits per heavy atom. The van der Waals surface area contributed by atoms with Crippen molar-refractivity contribution in [2.45, 2.75) is 31.5 Å². The molecule has 0 aliphatic carbocycles. The molecule has 3 N–H and O–H groups in total. The van der Waals surface area contributed by atoms with Gasteiger partial charge < -0.3 is 10.6 Å². The first-order chi connectivity index (χ1) is 14.5. The Balaban J connectivity index is 1.36. The number of anilines is 1. The van der Waals surface area contributed by atoms with Crippen molar-refractivity contribution in [3.8, 4) is 0 Å². The maximum absolute atomic E-state index is 13.1. The second-order valence-corrected chi connectivity index (χ2v) is 7.50. The van der Waals surface area contributed by atoms with Crippen LogP contribution in [0.15, 0.2) is 24.4 Å². The third kappa shape index (κ3) is 2.94. The van der Waals surface area contributed by atoms with Crippen LogP contribution in [0.5, 0.6) is 0 Å². The van der Waals surface area contributed by atoms with E-state index >= 15 is 0 Å². The molecule has 3 aliphatic heterocycles. The van der Waals surface area contributed by atoms with Gasteiger partial charge in [0.25, 0.3) is 11.8 Å². The van der Waals surface area contributed by atoms with E-state index in [4.69, 9.17) is 0 Å². The van der Waals surface area contributed by atoms with E-state index in [2.05, 4.69) is 26.1 Å². The van der Waals surface area contributed by atoms with Gasteiger partial charge in [-0.15, -0.1) is 5.10 Å². The number of hydrogen-bond acceptors (Lipinski definition) is 8. The number of carbonyl (C=O) groups is 4. The van der Waals surface area contributed by atoms with E-state index < -0.39 is 29.7 Å². The lowest BCUT2D eigenvalue weighted by atomic mass is 10.0. The van der Waals surface area contributed by atoms with Crippen LogP contribution in [0.2, 0.25) is 0 Å². The molecule has 0 saturated carbocycles. The molecule has 4 amide bonds. The van der Waals surface area contributed by atoms with Gasteiger partial charge in [-0.3, -0.25) is 29.4 Å². The average molecular weight is 409 g/mol. The summed E-state index contributed by atoms with van der Waals surface area (Å²) >= 11 is 0. The fourth-order valence-electron chi connectivity index (χ4n) is 3.89. The van der Waals surface area contributed by atoms with E-state index in [-0.39, 0.29) is 36.6 Å². The van der Waals surface area contributed by atoms with Crippen molar-refractivity contribution in [1.29, 1.82) is 0 Å². The number of nitrogens with one attached hydrogen (secondary N) is 3. The second kappa shape index (κ2) is 7.02. The van der Waals surface area contributed by atoms with Crippen LogP contribution in [0, 0.1) is 0 Å². The lowest BCUT2D eigenvalue weighted by Gasteiger charge is -2.27. The van der Waals surface area contributed by atoms with Crippen molar-refractivity contribution in [2.24, 2.45) is 0 Å². The molecule has 2 fully saturated rings. The number of nitrogens with zero attached hydrogens (tertiary/aromatic N) is 4. The van der Waals surface area contributed by atoms with Crippen LogP contribution in [0.25, 0.3) is 0 Å². The molecule has 154 valence electrons. The quantitative estimate of drug-likeness (QED) is 0.559. The van der Waals surface area contributed by atoms with E-state index in [9.17, 15) is 19.2 Å². The van der Waals surface area contributed by atoms with Crippen LogP contribution in [-0.4, -0.2) is 62.7 Å². The summed E-state index contributed by atoms with van der Waals surface area (Å²) in [4.78, 5) is 52.2. The monoisotopic (exact) mass is 409 g/mol. The van der Waals surface area contributed by atoms with Crippen LogP contribution in [0.3, 0.4) is 0 Å². The molecule has 0 spiro atoms. The van der Waals surface area contributed by atoms with Crippen LogP contribution in [0.1, 0.15) is 45.2 Å². The molecule has 1 aromatic carbocycles. The number of fused-ring (bicyclic) bond motifs is 1. The van der Waals surface area contributed by atoms with Crippen molar-refractivity contribution < 1.29 is 19.2 Å². The second-order valence-electron chi connectivity index (χ2n) is 7.50. The lowest BCUT2D eigenvalue weighted by Crippen LogP contribution is -2.54. The van der Waals surface area contributed by atoms with Crippen molar-refractivity contribution in [1.82, 2.24) is 30.5 Å². The number of carbonyl (C=O) groups excluding carboxylic acids is 4. The molecular weight excluding hydrogens is 390 g/mol. The average Bonchev–Trinajstić information content (AvgIpc) is 3.23. The number of amides is 4. The molecule has 5 rings (SSSR count). The summed E-state index contributed by atoms with van der Waals surface area (Å²) in [5.74, 6) is -1.50. The minimum Gasteiger partial charge on any atom is -0.363 e. The van der Waals surface area contributed by atoms with Crippen molar-refractivity contribution in [3.05, 3.63) is 41.1 Å². The van der Waals surface area contributed by atoms with E-state index in [1.807, 2.05) is 0 Å². The molecule has 2 saturated heterocycles. The van der Waals surface area contributed by atoms with Gasteiger partial charge in [0.1, 0.15) is 6.04 Å².